The first kappa shape index (κ1) is 28.0. The van der Waals surface area contributed by atoms with E-state index < -0.39 is 35.6 Å². The molecule has 2 aliphatic heterocycles. The number of rotatable bonds is 2. The summed E-state index contributed by atoms with van der Waals surface area (Å²) < 4.78 is 11.9. The predicted octanol–water partition coefficient (Wildman–Crippen LogP) is 4.48. The summed E-state index contributed by atoms with van der Waals surface area (Å²) in [6.07, 6.45) is 1.98. The van der Waals surface area contributed by atoms with Crippen molar-refractivity contribution in [2.75, 3.05) is 0 Å². The molecular formula is C27H41NO6S. The van der Waals surface area contributed by atoms with Crippen LogP contribution in [-0.4, -0.2) is 57.0 Å². The van der Waals surface area contributed by atoms with Gasteiger partial charge < -0.3 is 19.7 Å². The number of aliphatic hydroxyl groups is 2. The summed E-state index contributed by atoms with van der Waals surface area (Å²) in [5, 5.41) is 24.6. The molecule has 0 bridgehead atoms. The zero-order chi connectivity index (χ0) is 26.1. The first-order chi connectivity index (χ1) is 16.2. The lowest BCUT2D eigenvalue weighted by Crippen LogP contribution is -2.45. The number of aromatic nitrogens is 1. The highest BCUT2D eigenvalue weighted by Crippen LogP contribution is 2.45. The van der Waals surface area contributed by atoms with Crippen LogP contribution in [0.3, 0.4) is 0 Å². The number of carbonyl (C=O) groups excluding carboxylic acids is 2. The number of carbonyl (C=O) groups is 2. The fourth-order valence-corrected chi connectivity index (χ4v) is 5.64. The van der Waals surface area contributed by atoms with Gasteiger partial charge in [0.05, 0.1) is 46.5 Å². The summed E-state index contributed by atoms with van der Waals surface area (Å²) in [6.45, 7) is 12.8. The molecule has 3 heterocycles. The third-order valence-electron chi connectivity index (χ3n) is 7.93. The number of cyclic esters (lactones) is 1. The first-order valence-electron chi connectivity index (χ1n) is 12.6. The number of epoxide rings is 1. The third-order valence-corrected chi connectivity index (χ3v) is 8.72. The maximum Gasteiger partial charge on any atom is 0.309 e. The number of ether oxygens (including phenoxy) is 2. The molecule has 2 N–H and O–H groups in total. The number of Topliss-reactive ketones (excluding diaryl/α,β-unsaturated/α-hetero) is 1. The molecule has 35 heavy (non-hydrogen) atoms. The second-order valence-electron chi connectivity index (χ2n) is 11.3. The Bertz CT molecular complexity index is 955. The lowest BCUT2D eigenvalue weighted by atomic mass is 9.73. The van der Waals surface area contributed by atoms with Crippen LogP contribution in [0.4, 0.5) is 0 Å². The van der Waals surface area contributed by atoms with E-state index in [-0.39, 0.29) is 29.8 Å². The van der Waals surface area contributed by atoms with Crippen molar-refractivity contribution in [1.82, 2.24) is 4.98 Å². The van der Waals surface area contributed by atoms with Gasteiger partial charge in [0.1, 0.15) is 11.9 Å². The van der Waals surface area contributed by atoms with Gasteiger partial charge in [-0.2, -0.15) is 0 Å². The minimum atomic E-state index is -1.23. The summed E-state index contributed by atoms with van der Waals surface area (Å²) in [7, 11) is 0. The number of esters is 1. The van der Waals surface area contributed by atoms with Crippen LogP contribution in [0, 0.1) is 24.2 Å². The van der Waals surface area contributed by atoms with Crippen molar-refractivity contribution >= 4 is 29.2 Å². The minimum absolute atomic E-state index is 0.0455. The highest BCUT2D eigenvalue weighted by molar-refractivity contribution is 7.09. The van der Waals surface area contributed by atoms with Crippen LogP contribution in [0.1, 0.15) is 84.3 Å². The van der Waals surface area contributed by atoms with E-state index in [1.807, 2.05) is 32.2 Å². The summed E-state index contributed by atoms with van der Waals surface area (Å²) in [6, 6.07) is 0. The quantitative estimate of drug-likeness (QED) is 0.449. The van der Waals surface area contributed by atoms with Gasteiger partial charge in [0, 0.05) is 17.7 Å². The number of nitrogens with zero attached hydrogens (tertiary/aromatic N) is 1. The molecule has 196 valence electrons. The molecule has 2 saturated heterocycles. The summed E-state index contributed by atoms with van der Waals surface area (Å²) in [4.78, 5) is 30.6. The Labute approximate surface area is 212 Å². The van der Waals surface area contributed by atoms with Crippen LogP contribution < -0.4 is 0 Å². The molecule has 2 fully saturated rings. The topological polar surface area (TPSA) is 109 Å². The maximum atomic E-state index is 13.2. The Hall–Kier alpha value is -1.61. The number of thiazole rings is 1. The van der Waals surface area contributed by atoms with Gasteiger partial charge in [0.15, 0.2) is 0 Å². The van der Waals surface area contributed by atoms with Crippen LogP contribution in [0.5, 0.6) is 0 Å². The zero-order valence-corrected chi connectivity index (χ0v) is 22.9. The van der Waals surface area contributed by atoms with Crippen LogP contribution in [0.2, 0.25) is 0 Å². The normalized spacial score (nSPS) is 37.5. The molecule has 0 amide bonds. The monoisotopic (exact) mass is 507 g/mol. The SMILES string of the molecule is C/C(=C\c1csc(C)n1)C1C[C@H]2O[C@@]2(C)CCCC(C)[C@H](O)C(C)C(=O)C(C)(C)[C@@H](O)CC(=O)O1. The Morgan fingerprint density at radius 2 is 1.91 bits per heavy atom. The van der Waals surface area contributed by atoms with Crippen LogP contribution >= 0.6 is 11.3 Å². The molecule has 0 saturated carbocycles. The molecule has 3 unspecified atom stereocenters. The number of ketones is 1. The van der Waals surface area contributed by atoms with E-state index in [1.165, 1.54) is 0 Å². The average molecular weight is 508 g/mol. The molecule has 1 aromatic heterocycles. The second-order valence-corrected chi connectivity index (χ2v) is 12.3. The Kier molecular flexibility index (Phi) is 8.62. The molecule has 7 nitrogen and oxygen atoms in total. The predicted molar refractivity (Wildman–Crippen MR) is 136 cm³/mol. The van der Waals surface area contributed by atoms with E-state index in [9.17, 15) is 19.8 Å². The van der Waals surface area contributed by atoms with Crippen molar-refractivity contribution in [3.05, 3.63) is 21.7 Å². The second kappa shape index (κ2) is 10.8. The van der Waals surface area contributed by atoms with Gasteiger partial charge in [-0.3, -0.25) is 9.59 Å². The fraction of sp³-hybridized carbons (Fsp3) is 0.741. The van der Waals surface area contributed by atoms with Gasteiger partial charge in [-0.05, 0) is 51.2 Å². The van der Waals surface area contributed by atoms with Crippen molar-refractivity contribution in [3.8, 4) is 0 Å². The smallest absolute Gasteiger partial charge is 0.309 e. The van der Waals surface area contributed by atoms with Gasteiger partial charge in [-0.1, -0.05) is 34.1 Å². The third kappa shape index (κ3) is 6.59. The molecule has 7 atom stereocenters. The van der Waals surface area contributed by atoms with Crippen LogP contribution in [-0.2, 0) is 19.1 Å². The van der Waals surface area contributed by atoms with E-state index in [0.29, 0.717) is 6.42 Å². The van der Waals surface area contributed by atoms with Crippen molar-refractivity contribution < 1.29 is 29.3 Å². The number of aryl methyl sites for hydroxylation is 1. The Balaban J connectivity index is 1.85. The van der Waals surface area contributed by atoms with E-state index in [2.05, 4.69) is 11.9 Å². The number of aliphatic hydroxyl groups excluding tert-OH is 2. The Morgan fingerprint density at radius 1 is 1.23 bits per heavy atom. The summed E-state index contributed by atoms with van der Waals surface area (Å²) in [5.41, 5.74) is 0.179. The van der Waals surface area contributed by atoms with E-state index >= 15 is 0 Å². The van der Waals surface area contributed by atoms with Crippen LogP contribution in [0.25, 0.3) is 6.08 Å². The Morgan fingerprint density at radius 3 is 2.54 bits per heavy atom. The van der Waals surface area contributed by atoms with E-state index in [0.717, 1.165) is 35.5 Å². The lowest BCUT2D eigenvalue weighted by Gasteiger charge is -2.34. The van der Waals surface area contributed by atoms with Crippen molar-refractivity contribution in [3.63, 3.8) is 0 Å². The van der Waals surface area contributed by atoms with Crippen molar-refractivity contribution in [2.45, 2.75) is 111 Å². The number of hydrogen-bond donors (Lipinski definition) is 2. The molecule has 0 aromatic carbocycles. The first-order valence-corrected chi connectivity index (χ1v) is 13.5. The molecule has 0 radical (unpaired) electrons. The molecule has 0 spiro atoms. The van der Waals surface area contributed by atoms with Gasteiger partial charge in [0.2, 0.25) is 0 Å². The lowest BCUT2D eigenvalue weighted by molar-refractivity contribution is -0.154. The van der Waals surface area contributed by atoms with Gasteiger partial charge >= 0.3 is 5.97 Å². The molecule has 3 rings (SSSR count). The summed E-state index contributed by atoms with van der Waals surface area (Å²) in [5.74, 6) is -1.55. The maximum absolute atomic E-state index is 13.2. The number of hydrogen-bond acceptors (Lipinski definition) is 8. The molecular weight excluding hydrogens is 466 g/mol. The van der Waals surface area contributed by atoms with E-state index in [4.69, 9.17) is 9.47 Å². The van der Waals surface area contributed by atoms with E-state index in [1.54, 1.807) is 32.1 Å². The largest absolute Gasteiger partial charge is 0.458 e. The van der Waals surface area contributed by atoms with Gasteiger partial charge in [-0.25, -0.2) is 4.98 Å². The zero-order valence-electron chi connectivity index (χ0n) is 22.0. The minimum Gasteiger partial charge on any atom is -0.458 e. The fourth-order valence-electron chi connectivity index (χ4n) is 5.07. The summed E-state index contributed by atoms with van der Waals surface area (Å²) >= 11 is 1.56. The average Bonchev–Trinajstić information content (AvgIpc) is 3.22. The van der Waals surface area contributed by atoms with Crippen LogP contribution in [0.15, 0.2) is 11.0 Å². The molecule has 2 aliphatic rings. The van der Waals surface area contributed by atoms with Gasteiger partial charge in [-0.15, -0.1) is 11.3 Å². The number of fused-ring (bicyclic) bond motifs is 1. The van der Waals surface area contributed by atoms with Crippen molar-refractivity contribution in [1.29, 1.82) is 0 Å². The highest BCUT2D eigenvalue weighted by Gasteiger charge is 2.53. The molecule has 0 aliphatic carbocycles. The standard InChI is InChI=1S/C27H41NO6S/c1-15-9-8-10-27(7)22(34-27)12-20(16(2)11-19-14-35-18(4)28-19)33-23(30)13-21(29)26(5,6)25(32)17(3)24(15)31/h11,14-15,17,20-22,24,29,31H,8-10,12-13H2,1-7H3/b16-11+/t15?,17?,20?,21-,22+,24-,27-/m0/s1. The van der Waals surface area contributed by atoms with Gasteiger partial charge in [0.25, 0.3) is 0 Å². The molecule has 1 aromatic rings. The van der Waals surface area contributed by atoms with Crippen molar-refractivity contribution in [2.24, 2.45) is 17.3 Å². The highest BCUT2D eigenvalue weighted by atomic mass is 32.1. The molecule has 8 heteroatoms.